The third-order valence-electron chi connectivity index (χ3n) is 13.1. The van der Waals surface area contributed by atoms with E-state index in [0.29, 0.717) is 47.6 Å². The number of ether oxygens (including phenoxy) is 3. The van der Waals surface area contributed by atoms with Crippen molar-refractivity contribution in [2.45, 2.75) is 89.1 Å². The number of aromatic nitrogens is 2. The summed E-state index contributed by atoms with van der Waals surface area (Å²) >= 11 is 0. The summed E-state index contributed by atoms with van der Waals surface area (Å²) in [7, 11) is 1.38. The molecule has 4 aliphatic heterocycles. The largest absolute Gasteiger partial charge is 0.480 e. The normalized spacial score (nSPS) is 25.1. The number of rotatable bonds is 14. The predicted octanol–water partition coefficient (Wildman–Crippen LogP) is 3.13. The number of nitrogens with zero attached hydrogens (tertiary/aromatic N) is 4. The van der Waals surface area contributed by atoms with Gasteiger partial charge in [-0.15, -0.1) is 0 Å². The first kappa shape index (κ1) is 44.4. The number of carbonyl (C=O) groups is 6. The van der Waals surface area contributed by atoms with Gasteiger partial charge < -0.3 is 35.5 Å². The monoisotopic (exact) mass is 880 g/mol. The van der Waals surface area contributed by atoms with Crippen LogP contribution in [0.2, 0.25) is 0 Å². The Bertz CT molecular complexity index is 2400. The highest BCUT2D eigenvalue weighted by atomic mass is 19.1. The van der Waals surface area contributed by atoms with Crippen molar-refractivity contribution < 1.29 is 47.4 Å². The molecule has 0 bridgehead atoms. The fourth-order valence-electron chi connectivity index (χ4n) is 9.62. The molecular formula is C46H53FN8O9. The van der Waals surface area contributed by atoms with Gasteiger partial charge in [-0.2, -0.15) is 0 Å². The Morgan fingerprint density at radius 1 is 1.02 bits per heavy atom. The molecule has 0 radical (unpaired) electrons. The molecule has 6 heterocycles. The summed E-state index contributed by atoms with van der Waals surface area (Å²) in [5.74, 6) is 3.58. The molecule has 3 aromatic rings. The van der Waals surface area contributed by atoms with Gasteiger partial charge in [0.25, 0.3) is 23.6 Å². The molecule has 3 saturated heterocycles. The van der Waals surface area contributed by atoms with Gasteiger partial charge in [0.05, 0.1) is 42.6 Å². The number of hydrogen-bond acceptors (Lipinski definition) is 13. The van der Waals surface area contributed by atoms with Gasteiger partial charge in [0.1, 0.15) is 23.7 Å². The van der Waals surface area contributed by atoms with E-state index in [1.165, 1.54) is 7.11 Å². The van der Waals surface area contributed by atoms with Gasteiger partial charge >= 0.3 is 0 Å². The summed E-state index contributed by atoms with van der Waals surface area (Å²) in [6.07, 6.45) is 6.54. The molecule has 64 heavy (non-hydrogen) atoms. The Labute approximate surface area is 369 Å². The van der Waals surface area contributed by atoms with Crippen molar-refractivity contribution in [3.8, 4) is 23.6 Å². The number of primary amides is 1. The number of carbonyl (C=O) groups excluding carboxylic acids is 6. The number of piperidine rings is 2. The van der Waals surface area contributed by atoms with Gasteiger partial charge in [-0.1, -0.05) is 24.8 Å². The summed E-state index contributed by atoms with van der Waals surface area (Å²) < 4.78 is 32.0. The summed E-state index contributed by atoms with van der Waals surface area (Å²) in [4.78, 5) is 87.5. The zero-order chi connectivity index (χ0) is 45.1. The predicted molar refractivity (Wildman–Crippen MR) is 230 cm³/mol. The first-order chi connectivity index (χ1) is 30.9. The van der Waals surface area contributed by atoms with Gasteiger partial charge in [-0.25, -0.2) is 14.4 Å². The molecule has 6 amide bonds. The third-order valence-corrected chi connectivity index (χ3v) is 13.1. The van der Waals surface area contributed by atoms with Crippen LogP contribution in [0.5, 0.6) is 11.8 Å². The van der Waals surface area contributed by atoms with E-state index in [1.54, 1.807) is 30.5 Å². The molecule has 4 fully saturated rings. The lowest BCUT2D eigenvalue weighted by molar-refractivity contribution is -0.136. The maximum atomic E-state index is 14.4. The van der Waals surface area contributed by atoms with E-state index in [2.05, 4.69) is 42.7 Å². The van der Waals surface area contributed by atoms with Crippen LogP contribution in [0.1, 0.15) is 101 Å². The van der Waals surface area contributed by atoms with Crippen molar-refractivity contribution in [3.63, 3.8) is 0 Å². The zero-order valence-electron chi connectivity index (χ0n) is 36.0. The van der Waals surface area contributed by atoms with Crippen molar-refractivity contribution >= 4 is 52.0 Å². The van der Waals surface area contributed by atoms with Crippen LogP contribution in [0, 0.1) is 29.6 Å². The Balaban J connectivity index is 0.798. The van der Waals surface area contributed by atoms with Crippen LogP contribution in [0.15, 0.2) is 30.5 Å². The summed E-state index contributed by atoms with van der Waals surface area (Å²) in [5.41, 5.74) is 7.59. The first-order valence-corrected chi connectivity index (χ1v) is 22.1. The second-order valence-electron chi connectivity index (χ2n) is 17.1. The highest BCUT2D eigenvalue weighted by Gasteiger charge is 2.46. The van der Waals surface area contributed by atoms with Crippen molar-refractivity contribution in [1.82, 2.24) is 30.4 Å². The molecule has 338 valence electrons. The van der Waals surface area contributed by atoms with Crippen molar-refractivity contribution in [3.05, 3.63) is 52.7 Å². The molecule has 5 N–H and O–H groups in total. The number of anilines is 1. The number of fused-ring (bicyclic) bond motifs is 2. The number of hydrogen-bond donors (Lipinski definition) is 4. The zero-order valence-corrected chi connectivity index (χ0v) is 36.0. The highest BCUT2D eigenvalue weighted by molar-refractivity contribution is 6.25. The fraction of sp³-hybridized carbons (Fsp3) is 0.522. The number of benzene rings is 1. The van der Waals surface area contributed by atoms with E-state index in [0.717, 1.165) is 63.1 Å². The summed E-state index contributed by atoms with van der Waals surface area (Å²) in [6, 6.07) is 5.03. The van der Waals surface area contributed by atoms with Gasteiger partial charge in [0, 0.05) is 61.7 Å². The van der Waals surface area contributed by atoms with Crippen LogP contribution in [-0.4, -0.2) is 126 Å². The average Bonchev–Trinajstić information content (AvgIpc) is 3.72. The number of nitrogens with one attached hydrogen (secondary N) is 3. The lowest BCUT2D eigenvalue weighted by Crippen LogP contribution is -2.54. The number of likely N-dealkylation sites (tertiary alicyclic amines) is 1. The van der Waals surface area contributed by atoms with Crippen LogP contribution < -0.4 is 31.2 Å². The number of amides is 6. The Kier molecular flexibility index (Phi) is 13.4. The number of pyridine rings is 2. The molecule has 2 aromatic heterocycles. The Hall–Kier alpha value is -6.19. The lowest BCUT2D eigenvalue weighted by atomic mass is 9.81. The van der Waals surface area contributed by atoms with E-state index in [-0.39, 0.29) is 59.9 Å². The van der Waals surface area contributed by atoms with Crippen LogP contribution in [0.4, 0.5) is 10.1 Å². The molecular weight excluding hydrogens is 828 g/mol. The molecule has 1 saturated carbocycles. The van der Waals surface area contributed by atoms with Crippen LogP contribution >= 0.6 is 0 Å². The topological polar surface area (TPSA) is 224 Å². The number of nitrogens with two attached hydrogens (primary N) is 1. The minimum absolute atomic E-state index is 0.0130. The molecule has 8 rings (SSSR count). The maximum Gasteiger partial charge on any atom is 0.264 e. The summed E-state index contributed by atoms with van der Waals surface area (Å²) in [6.45, 7) is 5.55. The number of imide groups is 2. The maximum absolute atomic E-state index is 14.4. The van der Waals surface area contributed by atoms with Crippen molar-refractivity contribution in [1.29, 1.82) is 0 Å². The number of methoxy groups -OCH3 is 1. The van der Waals surface area contributed by atoms with Gasteiger partial charge in [-0.3, -0.25) is 39.0 Å². The Morgan fingerprint density at radius 3 is 2.52 bits per heavy atom. The van der Waals surface area contributed by atoms with E-state index >= 15 is 0 Å². The van der Waals surface area contributed by atoms with Crippen molar-refractivity contribution in [2.24, 2.45) is 23.5 Å². The second-order valence-corrected chi connectivity index (χ2v) is 17.1. The molecule has 1 aromatic carbocycles. The smallest absolute Gasteiger partial charge is 0.264 e. The molecule has 4 atom stereocenters. The van der Waals surface area contributed by atoms with E-state index in [4.69, 9.17) is 19.9 Å². The van der Waals surface area contributed by atoms with Crippen LogP contribution in [-0.2, 0) is 19.1 Å². The average molecular weight is 881 g/mol. The quantitative estimate of drug-likeness (QED) is 0.104. The fourth-order valence-corrected chi connectivity index (χ4v) is 9.62. The van der Waals surface area contributed by atoms with E-state index in [1.807, 2.05) is 6.92 Å². The molecule has 17 nitrogen and oxygen atoms in total. The molecule has 5 aliphatic rings. The van der Waals surface area contributed by atoms with Gasteiger partial charge in [0.2, 0.25) is 23.6 Å². The Morgan fingerprint density at radius 2 is 1.80 bits per heavy atom. The standard InChI is InChI=1S/C46H53FN8O9/c1-3-29-34(51-42(59)38(29)47)24-64-44-39-31(21-32(40(48)57)43(53-39)62-2)27(22-50-44)12-11-25-7-9-26(10-8-25)23-54-18-15-28(16-19-54)63-20-17-49-33-6-4-5-30-37(33)46(61)55(45(30)60)35-13-14-36(56)52-41(35)58/h4-6,21-22,25-26,28-29,34-35,38,49H,3,7-10,13-20,23-24H2,1-2H3,(H2,48,57)(H,51,59)(H,52,56,58). The third kappa shape index (κ3) is 9.23. The minimum atomic E-state index is -1.60. The molecule has 18 heteroatoms. The number of alkyl halides is 1. The van der Waals surface area contributed by atoms with E-state index in [9.17, 15) is 33.2 Å². The number of halogens is 1. The molecule has 4 unspecified atom stereocenters. The minimum Gasteiger partial charge on any atom is -0.480 e. The van der Waals surface area contributed by atoms with Crippen molar-refractivity contribution in [2.75, 3.05) is 51.8 Å². The summed E-state index contributed by atoms with van der Waals surface area (Å²) in [5, 5.41) is 8.65. The van der Waals surface area contributed by atoms with Crippen LogP contribution in [0.25, 0.3) is 10.9 Å². The van der Waals surface area contributed by atoms with Gasteiger partial charge in [0.15, 0.2) is 6.17 Å². The molecule has 1 aliphatic carbocycles. The highest BCUT2D eigenvalue weighted by Crippen LogP contribution is 2.35. The second kappa shape index (κ2) is 19.3. The first-order valence-electron chi connectivity index (χ1n) is 22.1. The van der Waals surface area contributed by atoms with Gasteiger partial charge in [-0.05, 0) is 75.5 Å². The SMILES string of the molecule is CCC1C(COc2ncc(C#CC3CCC(CN4CCC(OCCNc5cccc6c5C(=O)N(C5CCC(=O)NC5=O)C6=O)CC4)CC3)c3cc(C(N)=O)c(OC)nc23)NC(=O)C1F. The molecule has 0 spiro atoms. The van der Waals surface area contributed by atoms with E-state index < -0.39 is 59.6 Å². The lowest BCUT2D eigenvalue weighted by Gasteiger charge is -2.36. The van der Waals surface area contributed by atoms with Crippen LogP contribution in [0.3, 0.4) is 0 Å².